The summed E-state index contributed by atoms with van der Waals surface area (Å²) < 4.78 is 0. The summed E-state index contributed by atoms with van der Waals surface area (Å²) >= 11 is 1.71. The van der Waals surface area contributed by atoms with Gasteiger partial charge in [-0.2, -0.15) is 0 Å². The Kier molecular flexibility index (Phi) is 5.07. The van der Waals surface area contributed by atoms with Crippen LogP contribution in [0.1, 0.15) is 44.7 Å². The second-order valence-electron chi connectivity index (χ2n) is 5.53. The van der Waals surface area contributed by atoms with Crippen molar-refractivity contribution in [2.75, 3.05) is 19.3 Å². The van der Waals surface area contributed by atoms with E-state index in [1.54, 1.807) is 11.8 Å². The standard InChI is InChI=1S/C15H24N2S/c1-12(2)11-17-9-5-4-6-14(17)13-7-8-15(18-3)16-10-13/h7-8,10,12,14H,4-6,9,11H2,1-3H3/t14-/m0/s1. The highest BCUT2D eigenvalue weighted by atomic mass is 32.2. The van der Waals surface area contributed by atoms with Gasteiger partial charge in [0.1, 0.15) is 0 Å². The maximum absolute atomic E-state index is 4.52. The molecule has 1 aliphatic heterocycles. The molecule has 0 aromatic carbocycles. The maximum Gasteiger partial charge on any atom is 0.0957 e. The molecule has 2 nitrogen and oxygen atoms in total. The summed E-state index contributed by atoms with van der Waals surface area (Å²) in [5.41, 5.74) is 1.40. The van der Waals surface area contributed by atoms with E-state index >= 15 is 0 Å². The summed E-state index contributed by atoms with van der Waals surface area (Å²) in [5.74, 6) is 0.740. The van der Waals surface area contributed by atoms with Gasteiger partial charge in [-0.3, -0.25) is 4.90 Å². The average molecular weight is 264 g/mol. The van der Waals surface area contributed by atoms with Crippen LogP contribution in [-0.4, -0.2) is 29.2 Å². The van der Waals surface area contributed by atoms with E-state index < -0.39 is 0 Å². The van der Waals surface area contributed by atoms with Crippen molar-refractivity contribution in [3.8, 4) is 0 Å². The first-order valence-electron chi connectivity index (χ1n) is 6.94. The van der Waals surface area contributed by atoms with Gasteiger partial charge in [-0.05, 0) is 43.2 Å². The zero-order valence-electron chi connectivity index (χ0n) is 11.7. The Labute approximate surface area is 115 Å². The molecule has 1 fully saturated rings. The van der Waals surface area contributed by atoms with Gasteiger partial charge in [-0.15, -0.1) is 11.8 Å². The van der Waals surface area contributed by atoms with E-state index in [9.17, 15) is 0 Å². The number of likely N-dealkylation sites (tertiary alicyclic amines) is 1. The van der Waals surface area contributed by atoms with Crippen molar-refractivity contribution >= 4 is 11.8 Å². The van der Waals surface area contributed by atoms with Gasteiger partial charge in [-0.1, -0.05) is 26.3 Å². The Hall–Kier alpha value is -0.540. The topological polar surface area (TPSA) is 16.1 Å². The predicted octanol–water partition coefficient (Wildman–Crippen LogP) is 3.99. The lowest BCUT2D eigenvalue weighted by Gasteiger charge is -2.37. The summed E-state index contributed by atoms with van der Waals surface area (Å²) in [5, 5.41) is 1.12. The summed E-state index contributed by atoms with van der Waals surface area (Å²) in [4.78, 5) is 7.17. The Balaban J connectivity index is 2.11. The monoisotopic (exact) mass is 264 g/mol. The van der Waals surface area contributed by atoms with Crippen molar-refractivity contribution in [3.05, 3.63) is 23.9 Å². The van der Waals surface area contributed by atoms with Gasteiger partial charge in [0.2, 0.25) is 0 Å². The third-order valence-corrected chi connectivity index (χ3v) is 4.23. The first-order chi connectivity index (χ1) is 8.70. The van der Waals surface area contributed by atoms with Crippen LogP contribution < -0.4 is 0 Å². The fourth-order valence-electron chi connectivity index (χ4n) is 2.77. The molecule has 0 aliphatic carbocycles. The van der Waals surface area contributed by atoms with Gasteiger partial charge in [0.05, 0.1) is 5.03 Å². The first kappa shape index (κ1) is 13.9. The van der Waals surface area contributed by atoms with Crippen LogP contribution >= 0.6 is 11.8 Å². The highest BCUT2D eigenvalue weighted by Gasteiger charge is 2.24. The zero-order chi connectivity index (χ0) is 13.0. The van der Waals surface area contributed by atoms with Crippen molar-refractivity contribution in [1.82, 2.24) is 9.88 Å². The molecule has 0 bridgehead atoms. The minimum Gasteiger partial charge on any atom is -0.296 e. The smallest absolute Gasteiger partial charge is 0.0957 e. The Morgan fingerprint density at radius 1 is 1.39 bits per heavy atom. The average Bonchev–Trinajstić information content (AvgIpc) is 2.39. The van der Waals surface area contributed by atoms with Crippen LogP contribution in [0.2, 0.25) is 0 Å². The highest BCUT2D eigenvalue weighted by molar-refractivity contribution is 7.98. The molecule has 2 rings (SSSR count). The number of nitrogens with zero attached hydrogens (tertiary/aromatic N) is 2. The molecule has 0 spiro atoms. The molecule has 1 aromatic rings. The minimum atomic E-state index is 0.588. The molecule has 0 amide bonds. The van der Waals surface area contributed by atoms with Crippen molar-refractivity contribution < 1.29 is 0 Å². The fraction of sp³-hybridized carbons (Fsp3) is 0.667. The first-order valence-corrected chi connectivity index (χ1v) is 8.17. The van der Waals surface area contributed by atoms with Gasteiger partial charge < -0.3 is 0 Å². The molecule has 100 valence electrons. The van der Waals surface area contributed by atoms with Crippen LogP contribution in [0.4, 0.5) is 0 Å². The third-order valence-electron chi connectivity index (χ3n) is 3.57. The Morgan fingerprint density at radius 3 is 2.83 bits per heavy atom. The molecule has 1 aromatic heterocycles. The number of aromatic nitrogens is 1. The van der Waals surface area contributed by atoms with Crippen molar-refractivity contribution in [3.63, 3.8) is 0 Å². The summed E-state index contributed by atoms with van der Waals surface area (Å²) in [7, 11) is 0. The maximum atomic E-state index is 4.52. The van der Waals surface area contributed by atoms with Crippen LogP contribution in [-0.2, 0) is 0 Å². The number of hydrogen-bond donors (Lipinski definition) is 0. The van der Waals surface area contributed by atoms with Crippen LogP contribution in [0.5, 0.6) is 0 Å². The van der Waals surface area contributed by atoms with Crippen molar-refractivity contribution in [2.24, 2.45) is 5.92 Å². The van der Waals surface area contributed by atoms with Gasteiger partial charge in [0.25, 0.3) is 0 Å². The summed E-state index contributed by atoms with van der Waals surface area (Å²) in [6, 6.07) is 5.01. The quantitative estimate of drug-likeness (QED) is 0.765. The molecule has 0 unspecified atom stereocenters. The van der Waals surface area contributed by atoms with Crippen molar-refractivity contribution in [1.29, 1.82) is 0 Å². The molecule has 0 radical (unpaired) electrons. The number of piperidine rings is 1. The molecule has 0 saturated carbocycles. The van der Waals surface area contributed by atoms with Crippen LogP contribution in [0, 0.1) is 5.92 Å². The predicted molar refractivity (Wildman–Crippen MR) is 79.0 cm³/mol. The van der Waals surface area contributed by atoms with Crippen LogP contribution in [0.3, 0.4) is 0 Å². The summed E-state index contributed by atoms with van der Waals surface area (Å²) in [6.45, 7) is 7.06. The second kappa shape index (κ2) is 6.58. The minimum absolute atomic E-state index is 0.588. The molecular weight excluding hydrogens is 240 g/mol. The Bertz CT molecular complexity index is 361. The molecule has 1 saturated heterocycles. The number of hydrogen-bond acceptors (Lipinski definition) is 3. The van der Waals surface area contributed by atoms with Gasteiger partial charge in [-0.25, -0.2) is 4.98 Å². The molecule has 1 atom stereocenters. The zero-order valence-corrected chi connectivity index (χ0v) is 12.5. The molecule has 0 N–H and O–H groups in total. The van der Waals surface area contributed by atoms with E-state index in [0.717, 1.165) is 10.9 Å². The van der Waals surface area contributed by atoms with E-state index in [0.29, 0.717) is 6.04 Å². The lowest BCUT2D eigenvalue weighted by atomic mass is 9.95. The molecular formula is C15H24N2S. The van der Waals surface area contributed by atoms with E-state index in [1.165, 1.54) is 37.9 Å². The van der Waals surface area contributed by atoms with Gasteiger partial charge in [0, 0.05) is 18.8 Å². The van der Waals surface area contributed by atoms with Crippen molar-refractivity contribution in [2.45, 2.75) is 44.2 Å². The van der Waals surface area contributed by atoms with E-state index in [4.69, 9.17) is 0 Å². The van der Waals surface area contributed by atoms with E-state index in [-0.39, 0.29) is 0 Å². The number of thioether (sulfide) groups is 1. The fourth-order valence-corrected chi connectivity index (χ4v) is 3.13. The molecule has 1 aliphatic rings. The third kappa shape index (κ3) is 3.48. The lowest BCUT2D eigenvalue weighted by Crippen LogP contribution is -2.36. The van der Waals surface area contributed by atoms with Gasteiger partial charge >= 0.3 is 0 Å². The summed E-state index contributed by atoms with van der Waals surface area (Å²) in [6.07, 6.45) is 8.14. The molecule has 3 heteroatoms. The van der Waals surface area contributed by atoms with Crippen LogP contribution in [0.25, 0.3) is 0 Å². The number of pyridine rings is 1. The van der Waals surface area contributed by atoms with Gasteiger partial charge in [0.15, 0.2) is 0 Å². The largest absolute Gasteiger partial charge is 0.296 e. The van der Waals surface area contributed by atoms with E-state index in [1.807, 2.05) is 0 Å². The second-order valence-corrected chi connectivity index (χ2v) is 6.36. The van der Waals surface area contributed by atoms with E-state index in [2.05, 4.69) is 48.3 Å². The Morgan fingerprint density at radius 2 is 2.22 bits per heavy atom. The lowest BCUT2D eigenvalue weighted by molar-refractivity contribution is 0.132. The van der Waals surface area contributed by atoms with Crippen LogP contribution in [0.15, 0.2) is 23.4 Å². The molecule has 18 heavy (non-hydrogen) atoms. The normalized spacial score (nSPS) is 21.4. The molecule has 2 heterocycles. The highest BCUT2D eigenvalue weighted by Crippen LogP contribution is 2.31. The number of rotatable bonds is 4. The SMILES string of the molecule is CSc1ccc([C@@H]2CCCCN2CC(C)C)cn1.